The maximum absolute atomic E-state index is 12.7. The number of carbonyl (C=O) groups is 3. The fourth-order valence-corrected chi connectivity index (χ4v) is 4.07. The van der Waals surface area contributed by atoms with E-state index in [0.717, 1.165) is 0 Å². The zero-order valence-corrected chi connectivity index (χ0v) is 16.5. The maximum atomic E-state index is 12.7. The van der Waals surface area contributed by atoms with Gasteiger partial charge in [0.1, 0.15) is 5.69 Å². The number of carbonyl (C=O) groups excluding carboxylic acids is 3. The van der Waals surface area contributed by atoms with Crippen molar-refractivity contribution in [2.45, 2.75) is 18.7 Å². The summed E-state index contributed by atoms with van der Waals surface area (Å²) < 4.78 is 7.85. The number of methoxy groups -OCH3 is 1. The summed E-state index contributed by atoms with van der Waals surface area (Å²) in [6.07, 6.45) is -0.485. The number of nitrogens with one attached hydrogen (secondary N) is 1. The maximum Gasteiger partial charge on any atom is 0.322 e. The predicted molar refractivity (Wildman–Crippen MR) is 96.4 cm³/mol. The molecular formula is C16H22BrN5O4. The van der Waals surface area contributed by atoms with E-state index >= 15 is 0 Å². The van der Waals surface area contributed by atoms with Gasteiger partial charge in [0.05, 0.1) is 30.5 Å². The molecule has 3 heterocycles. The minimum Gasteiger partial charge on any atom is -0.359 e. The number of rotatable bonds is 5. The lowest BCUT2D eigenvalue weighted by atomic mass is 10.1. The fraction of sp³-hybridized carbons (Fsp3) is 0.562. The lowest BCUT2D eigenvalue weighted by molar-refractivity contribution is -0.122. The highest BCUT2D eigenvalue weighted by molar-refractivity contribution is 9.10. The van der Waals surface area contributed by atoms with E-state index in [9.17, 15) is 14.4 Å². The highest BCUT2D eigenvalue weighted by Crippen LogP contribution is 2.30. The first-order valence-corrected chi connectivity index (χ1v) is 9.01. The van der Waals surface area contributed by atoms with Gasteiger partial charge in [-0.15, -0.1) is 0 Å². The lowest BCUT2D eigenvalue weighted by Crippen LogP contribution is -2.56. The van der Waals surface area contributed by atoms with Crippen molar-refractivity contribution in [2.24, 2.45) is 0 Å². The van der Waals surface area contributed by atoms with Gasteiger partial charge in [-0.05, 0) is 35.1 Å². The molecule has 1 fully saturated rings. The Morgan fingerprint density at radius 1 is 1.31 bits per heavy atom. The zero-order valence-electron chi connectivity index (χ0n) is 14.9. The molecule has 142 valence electrons. The quantitative estimate of drug-likeness (QED) is 0.746. The second-order valence-electron chi connectivity index (χ2n) is 6.67. The average Bonchev–Trinajstić information content (AvgIpc) is 2.97. The third-order valence-corrected chi connectivity index (χ3v) is 5.22. The van der Waals surface area contributed by atoms with Crippen molar-refractivity contribution >= 4 is 33.7 Å². The molecule has 0 aromatic carbocycles. The second kappa shape index (κ2) is 7.37. The van der Waals surface area contributed by atoms with Crippen LogP contribution in [0.4, 0.5) is 4.79 Å². The number of hydrogen-bond donors (Lipinski definition) is 1. The normalized spacial score (nSPS) is 23.8. The Kier molecular flexibility index (Phi) is 5.35. The van der Waals surface area contributed by atoms with Crippen molar-refractivity contribution in [1.82, 2.24) is 24.6 Å². The van der Waals surface area contributed by atoms with Crippen molar-refractivity contribution in [3.8, 4) is 0 Å². The molecule has 26 heavy (non-hydrogen) atoms. The lowest BCUT2D eigenvalue weighted by Gasteiger charge is -2.39. The van der Waals surface area contributed by atoms with Crippen LogP contribution in [0.15, 0.2) is 16.7 Å². The Morgan fingerprint density at radius 3 is 2.73 bits per heavy atom. The molecule has 1 aromatic rings. The number of aromatic nitrogens is 1. The Balaban J connectivity index is 1.75. The monoisotopic (exact) mass is 427 g/mol. The molecule has 0 bridgehead atoms. The van der Waals surface area contributed by atoms with E-state index in [1.807, 2.05) is 11.9 Å². The van der Waals surface area contributed by atoms with Crippen LogP contribution in [0.25, 0.3) is 0 Å². The molecule has 2 aliphatic heterocycles. The van der Waals surface area contributed by atoms with Crippen LogP contribution >= 0.6 is 15.9 Å². The number of fused-ring (bicyclic) bond motifs is 1. The summed E-state index contributed by atoms with van der Waals surface area (Å²) >= 11 is 3.43. The summed E-state index contributed by atoms with van der Waals surface area (Å²) in [6.45, 7) is 0.953. The van der Waals surface area contributed by atoms with Crippen LogP contribution in [-0.2, 0) is 9.53 Å². The number of halogens is 1. The van der Waals surface area contributed by atoms with Gasteiger partial charge in [-0.1, -0.05) is 0 Å². The van der Waals surface area contributed by atoms with Gasteiger partial charge in [-0.25, -0.2) is 4.79 Å². The number of nitrogens with zero attached hydrogens (tertiary/aromatic N) is 4. The van der Waals surface area contributed by atoms with Crippen molar-refractivity contribution in [3.05, 3.63) is 22.4 Å². The first-order chi connectivity index (χ1) is 12.3. The van der Waals surface area contributed by atoms with Gasteiger partial charge in [0.25, 0.3) is 5.91 Å². The third-order valence-electron chi connectivity index (χ3n) is 4.58. The summed E-state index contributed by atoms with van der Waals surface area (Å²) in [5.41, 5.74) is 0.469. The standard InChI is InChI=1S/C16H22BrN5O4/c1-19-8-20(2)16(25)21(9-19)7-10(23)6-12-15(26-3)18-14(24)11-4-5-13(17)22(11)12/h4-5,12,15H,6-9H2,1-3H3,(H,18,24)/t12-,15-/m1/s1. The SMILES string of the molecule is CO[C@H]1NC(=O)c2ccc(Br)n2[C@@H]1CC(=O)CN1CN(C)CN(C)C1=O. The fourth-order valence-electron chi connectivity index (χ4n) is 3.48. The van der Waals surface area contributed by atoms with E-state index in [0.29, 0.717) is 23.6 Å². The average molecular weight is 428 g/mol. The molecule has 0 radical (unpaired) electrons. The van der Waals surface area contributed by atoms with Crippen LogP contribution in [0, 0.1) is 0 Å². The Labute approximate surface area is 160 Å². The van der Waals surface area contributed by atoms with Crippen LogP contribution in [0.1, 0.15) is 23.0 Å². The van der Waals surface area contributed by atoms with Crippen LogP contribution in [-0.4, -0.2) is 84.3 Å². The third kappa shape index (κ3) is 3.49. The summed E-state index contributed by atoms with van der Waals surface area (Å²) in [6, 6.07) is 2.91. The van der Waals surface area contributed by atoms with Gasteiger partial charge in [-0.2, -0.15) is 0 Å². The molecule has 3 amide bonds. The van der Waals surface area contributed by atoms with Crippen LogP contribution in [0.5, 0.6) is 0 Å². The molecule has 0 aliphatic carbocycles. The van der Waals surface area contributed by atoms with E-state index in [-0.39, 0.29) is 36.7 Å². The van der Waals surface area contributed by atoms with Gasteiger partial charge in [0.2, 0.25) is 0 Å². The molecule has 1 N–H and O–H groups in total. The van der Waals surface area contributed by atoms with E-state index in [2.05, 4.69) is 21.2 Å². The molecule has 0 saturated carbocycles. The highest BCUT2D eigenvalue weighted by atomic mass is 79.9. The van der Waals surface area contributed by atoms with E-state index in [1.54, 1.807) is 28.6 Å². The molecule has 9 nitrogen and oxygen atoms in total. The van der Waals surface area contributed by atoms with Gasteiger partial charge in [0, 0.05) is 20.6 Å². The molecule has 1 aromatic heterocycles. The topological polar surface area (TPSA) is 87.1 Å². The Morgan fingerprint density at radius 2 is 2.04 bits per heavy atom. The van der Waals surface area contributed by atoms with E-state index in [4.69, 9.17) is 4.74 Å². The largest absolute Gasteiger partial charge is 0.359 e. The predicted octanol–water partition coefficient (Wildman–Crippen LogP) is 0.681. The molecule has 0 spiro atoms. The molecular weight excluding hydrogens is 406 g/mol. The van der Waals surface area contributed by atoms with E-state index < -0.39 is 6.23 Å². The van der Waals surface area contributed by atoms with Gasteiger partial charge in [0.15, 0.2) is 12.0 Å². The Hall–Kier alpha value is -1.91. The molecule has 2 aliphatic rings. The number of Topliss-reactive ketones (excluding diaryl/α,β-unsaturated/α-hetero) is 1. The molecule has 2 atom stereocenters. The minimum atomic E-state index is -0.620. The van der Waals surface area contributed by atoms with Crippen molar-refractivity contribution in [1.29, 1.82) is 0 Å². The first-order valence-electron chi connectivity index (χ1n) is 8.22. The number of ketones is 1. The smallest absolute Gasteiger partial charge is 0.322 e. The molecule has 1 saturated heterocycles. The molecule has 3 rings (SSSR count). The van der Waals surface area contributed by atoms with Crippen molar-refractivity contribution in [3.63, 3.8) is 0 Å². The van der Waals surface area contributed by atoms with Crippen molar-refractivity contribution < 1.29 is 19.1 Å². The number of hydrogen-bond acceptors (Lipinski definition) is 5. The highest BCUT2D eigenvalue weighted by Gasteiger charge is 2.37. The summed E-state index contributed by atoms with van der Waals surface area (Å²) in [5, 5.41) is 2.77. The molecule has 10 heteroatoms. The number of ether oxygens (including phenoxy) is 1. The van der Waals surface area contributed by atoms with Gasteiger partial charge < -0.3 is 24.4 Å². The second-order valence-corrected chi connectivity index (χ2v) is 7.48. The molecule has 0 unspecified atom stereocenters. The van der Waals surface area contributed by atoms with Crippen LogP contribution in [0.3, 0.4) is 0 Å². The first kappa shape index (κ1) is 18.9. The zero-order chi connectivity index (χ0) is 19.0. The van der Waals surface area contributed by atoms with E-state index in [1.165, 1.54) is 12.0 Å². The van der Waals surface area contributed by atoms with Crippen LogP contribution < -0.4 is 5.32 Å². The summed E-state index contributed by atoms with van der Waals surface area (Å²) in [7, 11) is 5.08. The van der Waals surface area contributed by atoms with Crippen molar-refractivity contribution in [2.75, 3.05) is 41.1 Å². The Bertz CT molecular complexity index is 736. The number of amides is 3. The summed E-state index contributed by atoms with van der Waals surface area (Å²) in [5.74, 6) is -0.350. The van der Waals surface area contributed by atoms with Gasteiger partial charge >= 0.3 is 6.03 Å². The van der Waals surface area contributed by atoms with Crippen LogP contribution in [0.2, 0.25) is 0 Å². The summed E-state index contributed by atoms with van der Waals surface area (Å²) in [4.78, 5) is 42.1. The number of urea groups is 1. The minimum absolute atomic E-state index is 0.0165. The van der Waals surface area contributed by atoms with Gasteiger partial charge in [-0.3, -0.25) is 14.5 Å².